The van der Waals surface area contributed by atoms with Crippen molar-refractivity contribution in [2.24, 2.45) is 5.10 Å². The fourth-order valence-electron chi connectivity index (χ4n) is 3.44. The molecule has 1 aliphatic rings. The number of rotatable bonds is 8. The summed E-state index contributed by atoms with van der Waals surface area (Å²) in [4.78, 5) is 35.2. The van der Waals surface area contributed by atoms with Gasteiger partial charge in [-0.25, -0.2) is 4.79 Å². The predicted octanol–water partition coefficient (Wildman–Crippen LogP) is 4.69. The summed E-state index contributed by atoms with van der Waals surface area (Å²) >= 11 is 0. The number of aliphatic carboxylic acids is 1. The van der Waals surface area contributed by atoms with Crippen LogP contribution in [-0.2, 0) is 9.59 Å². The van der Waals surface area contributed by atoms with Crippen molar-refractivity contribution in [2.45, 2.75) is 19.3 Å². The topological polar surface area (TPSA) is 120 Å². The molecule has 0 aliphatic carbocycles. The minimum atomic E-state index is -1.07. The van der Waals surface area contributed by atoms with E-state index in [-0.39, 0.29) is 12.0 Å². The fourth-order valence-corrected chi connectivity index (χ4v) is 3.44. The standard InChI is InChI=1S/C25H20N2O6/c28-23(29)8-4-7-21-20(15-19-13-14-22(33-19)16-5-2-1-3-6-16)24(30)27(26-21)18-11-9-17(10-12-18)25(31)32/h1-3,5-6,9-15H,4,7-8H2,(H,28,29)(H,31,32)/b20-15-. The van der Waals surface area contributed by atoms with E-state index in [1.165, 1.54) is 29.3 Å². The number of hydrogen-bond acceptors (Lipinski definition) is 5. The molecule has 1 aliphatic heterocycles. The number of furan rings is 1. The summed E-state index contributed by atoms with van der Waals surface area (Å²) in [6.07, 6.45) is 2.16. The van der Waals surface area contributed by atoms with Crippen LogP contribution in [0.15, 0.2) is 81.8 Å². The van der Waals surface area contributed by atoms with Crippen LogP contribution in [0.3, 0.4) is 0 Å². The second kappa shape index (κ2) is 9.35. The molecule has 0 atom stereocenters. The van der Waals surface area contributed by atoms with E-state index in [0.717, 1.165) is 5.56 Å². The van der Waals surface area contributed by atoms with E-state index >= 15 is 0 Å². The van der Waals surface area contributed by atoms with Gasteiger partial charge in [0.1, 0.15) is 11.5 Å². The van der Waals surface area contributed by atoms with Crippen molar-refractivity contribution in [3.8, 4) is 11.3 Å². The zero-order valence-corrected chi connectivity index (χ0v) is 17.5. The van der Waals surface area contributed by atoms with Crippen LogP contribution in [0.2, 0.25) is 0 Å². The average molecular weight is 444 g/mol. The van der Waals surface area contributed by atoms with Crippen LogP contribution in [0.4, 0.5) is 5.69 Å². The van der Waals surface area contributed by atoms with E-state index < -0.39 is 17.8 Å². The Morgan fingerprint density at radius 1 is 0.970 bits per heavy atom. The van der Waals surface area contributed by atoms with Crippen LogP contribution in [0.25, 0.3) is 17.4 Å². The second-order valence-corrected chi connectivity index (χ2v) is 7.39. The van der Waals surface area contributed by atoms with Gasteiger partial charge >= 0.3 is 11.9 Å². The normalized spacial score (nSPS) is 14.5. The van der Waals surface area contributed by atoms with Gasteiger partial charge in [0.25, 0.3) is 5.91 Å². The lowest BCUT2D eigenvalue weighted by Gasteiger charge is -2.11. The van der Waals surface area contributed by atoms with Gasteiger partial charge in [0.05, 0.1) is 22.5 Å². The van der Waals surface area contributed by atoms with Crippen LogP contribution in [0, 0.1) is 0 Å². The van der Waals surface area contributed by atoms with Gasteiger partial charge in [-0.2, -0.15) is 10.1 Å². The Morgan fingerprint density at radius 2 is 1.70 bits per heavy atom. The Kier molecular flexibility index (Phi) is 6.17. The molecule has 8 heteroatoms. The largest absolute Gasteiger partial charge is 0.481 e. The number of aromatic carboxylic acids is 1. The predicted molar refractivity (Wildman–Crippen MR) is 122 cm³/mol. The van der Waals surface area contributed by atoms with Crippen LogP contribution in [-0.4, -0.2) is 33.8 Å². The Morgan fingerprint density at radius 3 is 2.36 bits per heavy atom. The van der Waals surface area contributed by atoms with Gasteiger partial charge in [0.2, 0.25) is 0 Å². The zero-order valence-electron chi connectivity index (χ0n) is 17.5. The summed E-state index contributed by atoms with van der Waals surface area (Å²) in [6.45, 7) is 0. The highest BCUT2D eigenvalue weighted by molar-refractivity contribution is 6.32. The highest BCUT2D eigenvalue weighted by Crippen LogP contribution is 2.29. The van der Waals surface area contributed by atoms with Gasteiger partial charge < -0.3 is 14.6 Å². The molecule has 0 saturated carbocycles. The molecule has 4 rings (SSSR count). The number of nitrogens with zero attached hydrogens (tertiary/aromatic N) is 2. The maximum absolute atomic E-state index is 13.2. The molecule has 8 nitrogen and oxygen atoms in total. The number of anilines is 1. The van der Waals surface area contributed by atoms with Gasteiger partial charge in [-0.15, -0.1) is 0 Å². The first kappa shape index (κ1) is 21.8. The summed E-state index contributed by atoms with van der Waals surface area (Å²) in [5, 5.41) is 23.6. The summed E-state index contributed by atoms with van der Waals surface area (Å²) in [5.74, 6) is -1.28. The van der Waals surface area contributed by atoms with Crippen molar-refractivity contribution < 1.29 is 29.0 Å². The number of carboxylic acid groups (broad SMARTS) is 2. The first-order chi connectivity index (χ1) is 15.9. The van der Waals surface area contributed by atoms with Crippen molar-refractivity contribution in [3.63, 3.8) is 0 Å². The van der Waals surface area contributed by atoms with Gasteiger partial charge in [-0.3, -0.25) is 9.59 Å². The molecule has 3 aromatic rings. The summed E-state index contributed by atoms with van der Waals surface area (Å²) in [6, 6.07) is 18.9. The molecule has 0 unspecified atom stereocenters. The van der Waals surface area contributed by atoms with Crippen molar-refractivity contribution >= 4 is 35.3 Å². The number of amides is 1. The summed E-state index contributed by atoms with van der Waals surface area (Å²) in [7, 11) is 0. The molecular weight excluding hydrogens is 424 g/mol. The first-order valence-corrected chi connectivity index (χ1v) is 10.3. The third-order valence-corrected chi connectivity index (χ3v) is 5.09. The number of carboxylic acids is 2. The number of carbonyl (C=O) groups is 3. The van der Waals surface area contributed by atoms with Gasteiger partial charge in [0.15, 0.2) is 0 Å². The minimum absolute atomic E-state index is 0.0489. The van der Waals surface area contributed by atoms with Crippen LogP contribution >= 0.6 is 0 Å². The van der Waals surface area contributed by atoms with Crippen molar-refractivity contribution in [3.05, 3.63) is 83.6 Å². The van der Waals surface area contributed by atoms with Gasteiger partial charge in [-0.05, 0) is 55.3 Å². The zero-order chi connectivity index (χ0) is 23.4. The molecule has 166 valence electrons. The monoisotopic (exact) mass is 444 g/mol. The fraction of sp³-hybridized carbons (Fsp3) is 0.120. The highest BCUT2D eigenvalue weighted by atomic mass is 16.4. The second-order valence-electron chi connectivity index (χ2n) is 7.39. The molecule has 2 heterocycles. The summed E-state index contributed by atoms with van der Waals surface area (Å²) < 4.78 is 5.89. The lowest BCUT2D eigenvalue weighted by molar-refractivity contribution is -0.137. The van der Waals surface area contributed by atoms with E-state index in [0.29, 0.717) is 41.3 Å². The maximum Gasteiger partial charge on any atom is 0.335 e. The highest BCUT2D eigenvalue weighted by Gasteiger charge is 2.31. The molecule has 0 spiro atoms. The molecule has 1 amide bonds. The molecule has 2 N–H and O–H groups in total. The quantitative estimate of drug-likeness (QED) is 0.487. The van der Waals surface area contributed by atoms with Gasteiger partial charge in [-0.1, -0.05) is 30.3 Å². The molecule has 33 heavy (non-hydrogen) atoms. The third-order valence-electron chi connectivity index (χ3n) is 5.09. The van der Waals surface area contributed by atoms with Crippen LogP contribution in [0.5, 0.6) is 0 Å². The lowest BCUT2D eigenvalue weighted by Crippen LogP contribution is -2.21. The molecule has 0 bridgehead atoms. The van der Waals surface area contributed by atoms with E-state index in [1.807, 2.05) is 36.4 Å². The van der Waals surface area contributed by atoms with Crippen molar-refractivity contribution in [2.75, 3.05) is 5.01 Å². The number of hydrazone groups is 1. The first-order valence-electron chi connectivity index (χ1n) is 10.3. The number of benzene rings is 2. The van der Waals surface area contributed by atoms with E-state index in [2.05, 4.69) is 5.10 Å². The minimum Gasteiger partial charge on any atom is -0.481 e. The number of hydrogen-bond donors (Lipinski definition) is 2. The molecule has 0 radical (unpaired) electrons. The third kappa shape index (κ3) is 4.90. The summed E-state index contributed by atoms with van der Waals surface area (Å²) in [5.41, 5.74) is 2.15. The Labute approximate surface area is 189 Å². The smallest absolute Gasteiger partial charge is 0.335 e. The van der Waals surface area contributed by atoms with E-state index in [4.69, 9.17) is 14.6 Å². The molecule has 0 saturated heterocycles. The van der Waals surface area contributed by atoms with Crippen LogP contribution < -0.4 is 5.01 Å². The van der Waals surface area contributed by atoms with E-state index in [1.54, 1.807) is 12.1 Å². The molecule has 2 aromatic carbocycles. The van der Waals surface area contributed by atoms with Gasteiger partial charge in [0, 0.05) is 12.0 Å². The van der Waals surface area contributed by atoms with E-state index in [9.17, 15) is 14.4 Å². The van der Waals surface area contributed by atoms with Crippen molar-refractivity contribution in [1.29, 1.82) is 0 Å². The molecule has 0 fully saturated rings. The lowest BCUT2D eigenvalue weighted by atomic mass is 10.0. The molecule has 1 aromatic heterocycles. The Balaban J connectivity index is 1.64. The maximum atomic E-state index is 13.2. The Hall–Kier alpha value is -4.46. The SMILES string of the molecule is O=C(O)CCCC1=NN(c2ccc(C(=O)O)cc2)C(=O)/C1=C\c1ccc(-c2ccccc2)o1. The average Bonchev–Trinajstić information content (AvgIpc) is 3.40. The van der Waals surface area contributed by atoms with Crippen LogP contribution in [0.1, 0.15) is 35.4 Å². The Bertz CT molecular complexity index is 1260. The van der Waals surface area contributed by atoms with Crippen molar-refractivity contribution in [1.82, 2.24) is 0 Å². The number of carbonyl (C=O) groups excluding carboxylic acids is 1. The molecular formula is C25H20N2O6.